The number of nitrogens with one attached hydrogen (secondary N) is 1. The Hall–Kier alpha value is -3.03. The fraction of sp³-hybridized carbons (Fsp3) is 0.368. The molecular formula is C19H19FN2O5. The van der Waals surface area contributed by atoms with Crippen molar-refractivity contribution in [2.24, 2.45) is 0 Å². The van der Waals surface area contributed by atoms with Crippen LogP contribution in [0.1, 0.15) is 63.9 Å². The number of rotatable bonds is 5. The molecule has 0 radical (unpaired) electrons. The Morgan fingerprint density at radius 2 is 2.07 bits per heavy atom. The predicted molar refractivity (Wildman–Crippen MR) is 93.3 cm³/mol. The number of halogens is 1. The second-order valence-corrected chi connectivity index (χ2v) is 6.70. The van der Waals surface area contributed by atoms with Crippen LogP contribution in [0.2, 0.25) is 0 Å². The van der Waals surface area contributed by atoms with E-state index in [9.17, 15) is 18.8 Å². The molecule has 2 heterocycles. The number of benzene rings is 1. The molecule has 0 saturated heterocycles. The van der Waals surface area contributed by atoms with Gasteiger partial charge in [-0.05, 0) is 31.0 Å². The van der Waals surface area contributed by atoms with Crippen molar-refractivity contribution in [2.75, 3.05) is 11.9 Å². The number of esters is 1. The Balaban J connectivity index is 1.74. The number of anilines is 1. The average Bonchev–Trinajstić information content (AvgIpc) is 3.00. The van der Waals surface area contributed by atoms with Gasteiger partial charge in [0.25, 0.3) is 0 Å². The highest BCUT2D eigenvalue weighted by atomic mass is 19.1. The summed E-state index contributed by atoms with van der Waals surface area (Å²) in [6.07, 6.45) is 0.686. The number of ether oxygens (including phenoxy) is 1. The van der Waals surface area contributed by atoms with Crippen molar-refractivity contribution in [1.82, 2.24) is 5.16 Å². The highest BCUT2D eigenvalue weighted by Crippen LogP contribution is 2.27. The lowest BCUT2D eigenvalue weighted by Crippen LogP contribution is -2.21. The number of amides is 1. The van der Waals surface area contributed by atoms with Crippen molar-refractivity contribution in [2.45, 2.75) is 39.5 Å². The minimum Gasteiger partial charge on any atom is -0.454 e. The van der Waals surface area contributed by atoms with Gasteiger partial charge in [-0.15, -0.1) is 0 Å². The third kappa shape index (κ3) is 3.74. The third-order valence-electron chi connectivity index (χ3n) is 4.34. The van der Waals surface area contributed by atoms with Crippen LogP contribution in [0.5, 0.6) is 0 Å². The summed E-state index contributed by atoms with van der Waals surface area (Å²) in [5.74, 6) is -2.09. The zero-order chi connectivity index (χ0) is 19.7. The number of fused-ring (bicyclic) bond motifs is 1. The molecule has 27 heavy (non-hydrogen) atoms. The van der Waals surface area contributed by atoms with Gasteiger partial charge < -0.3 is 14.6 Å². The van der Waals surface area contributed by atoms with E-state index in [-0.39, 0.29) is 29.4 Å². The van der Waals surface area contributed by atoms with Crippen LogP contribution >= 0.6 is 0 Å². The SMILES string of the molecule is Cc1noc(C(C)C)c1C(=O)OCC(=O)c1cc2c(cc1F)NC(=O)CC2. The van der Waals surface area contributed by atoms with E-state index in [1.54, 1.807) is 6.92 Å². The summed E-state index contributed by atoms with van der Waals surface area (Å²) in [5.41, 5.74) is 1.41. The van der Waals surface area contributed by atoms with Crippen LogP contribution < -0.4 is 5.32 Å². The van der Waals surface area contributed by atoms with Crippen molar-refractivity contribution in [3.63, 3.8) is 0 Å². The molecule has 1 aromatic carbocycles. The van der Waals surface area contributed by atoms with Gasteiger partial charge in [0.05, 0.1) is 11.3 Å². The first kappa shape index (κ1) is 18.8. The van der Waals surface area contributed by atoms with Crippen LogP contribution in [-0.4, -0.2) is 29.4 Å². The van der Waals surface area contributed by atoms with Gasteiger partial charge in [-0.1, -0.05) is 19.0 Å². The lowest BCUT2D eigenvalue weighted by atomic mass is 9.98. The quantitative estimate of drug-likeness (QED) is 0.638. The fourth-order valence-electron chi connectivity index (χ4n) is 2.93. The van der Waals surface area contributed by atoms with Crippen molar-refractivity contribution in [1.29, 1.82) is 0 Å². The average molecular weight is 374 g/mol. The van der Waals surface area contributed by atoms with E-state index in [4.69, 9.17) is 9.26 Å². The van der Waals surface area contributed by atoms with Gasteiger partial charge in [0.15, 0.2) is 12.4 Å². The van der Waals surface area contributed by atoms with E-state index in [2.05, 4.69) is 10.5 Å². The maximum absolute atomic E-state index is 14.2. The first-order chi connectivity index (χ1) is 12.8. The van der Waals surface area contributed by atoms with Gasteiger partial charge in [0.2, 0.25) is 11.7 Å². The Bertz CT molecular complexity index is 932. The molecule has 0 aliphatic carbocycles. The molecule has 0 unspecified atom stereocenters. The van der Waals surface area contributed by atoms with E-state index in [0.717, 1.165) is 6.07 Å². The minimum atomic E-state index is -0.777. The van der Waals surface area contributed by atoms with Crippen LogP contribution in [0.4, 0.5) is 10.1 Å². The van der Waals surface area contributed by atoms with E-state index in [1.165, 1.54) is 6.07 Å². The van der Waals surface area contributed by atoms with E-state index >= 15 is 0 Å². The van der Waals surface area contributed by atoms with E-state index in [0.29, 0.717) is 29.1 Å². The molecule has 1 amide bonds. The number of nitrogens with zero attached hydrogens (tertiary/aromatic N) is 1. The molecule has 0 atom stereocenters. The molecule has 1 aliphatic heterocycles. The molecule has 142 valence electrons. The molecule has 1 N–H and O–H groups in total. The summed E-state index contributed by atoms with van der Waals surface area (Å²) in [5, 5.41) is 6.32. The second-order valence-electron chi connectivity index (χ2n) is 6.70. The molecule has 0 spiro atoms. The lowest BCUT2D eigenvalue weighted by molar-refractivity contribution is -0.116. The standard InChI is InChI=1S/C19H19FN2O5/c1-9(2)18-17(10(3)22-27-18)19(25)26-8-15(23)12-6-11-4-5-16(24)21-14(11)7-13(12)20/h6-7,9H,4-5,8H2,1-3H3,(H,21,24). The minimum absolute atomic E-state index is 0.0854. The molecule has 0 fully saturated rings. The molecule has 0 bridgehead atoms. The topological polar surface area (TPSA) is 98.5 Å². The van der Waals surface area contributed by atoms with Crippen molar-refractivity contribution >= 4 is 23.3 Å². The molecule has 8 heteroatoms. The van der Waals surface area contributed by atoms with Gasteiger partial charge in [-0.3, -0.25) is 9.59 Å². The Kier molecular flexibility index (Phi) is 5.07. The molecular weight excluding hydrogens is 355 g/mol. The maximum Gasteiger partial charge on any atom is 0.344 e. The number of Topliss-reactive ketones (excluding diaryl/α,β-unsaturated/α-hetero) is 1. The lowest BCUT2D eigenvalue weighted by Gasteiger charge is -2.18. The summed E-state index contributed by atoms with van der Waals surface area (Å²) in [7, 11) is 0. The van der Waals surface area contributed by atoms with Gasteiger partial charge in [-0.2, -0.15) is 0 Å². The number of carbonyl (C=O) groups is 3. The van der Waals surface area contributed by atoms with Gasteiger partial charge >= 0.3 is 5.97 Å². The highest BCUT2D eigenvalue weighted by Gasteiger charge is 2.26. The summed E-state index contributed by atoms with van der Waals surface area (Å²) in [6, 6.07) is 2.51. The number of ketones is 1. The zero-order valence-electron chi connectivity index (χ0n) is 15.2. The first-order valence-electron chi connectivity index (χ1n) is 8.56. The van der Waals surface area contributed by atoms with Crippen LogP contribution in [0.3, 0.4) is 0 Å². The van der Waals surface area contributed by atoms with Crippen molar-refractivity contribution < 1.29 is 28.0 Å². The molecule has 2 aromatic rings. The summed E-state index contributed by atoms with van der Waals surface area (Å²) in [4.78, 5) is 36.1. The molecule has 1 aromatic heterocycles. The van der Waals surface area contributed by atoms with Crippen molar-refractivity contribution in [3.05, 3.63) is 46.1 Å². The Labute approximate surface area is 154 Å². The maximum atomic E-state index is 14.2. The fourth-order valence-corrected chi connectivity index (χ4v) is 2.93. The van der Waals surface area contributed by atoms with E-state index < -0.39 is 24.2 Å². The number of carbonyl (C=O) groups excluding carboxylic acids is 3. The summed E-state index contributed by atoms with van der Waals surface area (Å²) in [6.45, 7) is 4.67. The summed E-state index contributed by atoms with van der Waals surface area (Å²) < 4.78 is 24.4. The van der Waals surface area contributed by atoms with Crippen molar-refractivity contribution in [3.8, 4) is 0 Å². The number of aryl methyl sites for hydroxylation is 2. The van der Waals surface area contributed by atoms with Crippen LogP contribution in [-0.2, 0) is 16.0 Å². The zero-order valence-corrected chi connectivity index (χ0v) is 15.2. The Morgan fingerprint density at radius 1 is 1.33 bits per heavy atom. The molecule has 7 nitrogen and oxygen atoms in total. The second kappa shape index (κ2) is 7.30. The molecule has 3 rings (SSSR count). The molecule has 0 saturated carbocycles. The van der Waals surface area contributed by atoms with Crippen LogP contribution in [0.25, 0.3) is 0 Å². The smallest absolute Gasteiger partial charge is 0.344 e. The van der Waals surface area contributed by atoms with Gasteiger partial charge in [0.1, 0.15) is 11.4 Å². The number of aromatic nitrogens is 1. The van der Waals surface area contributed by atoms with E-state index in [1.807, 2.05) is 13.8 Å². The van der Waals surface area contributed by atoms with Crippen LogP contribution in [0, 0.1) is 12.7 Å². The monoisotopic (exact) mass is 374 g/mol. The number of hydrogen-bond acceptors (Lipinski definition) is 6. The normalized spacial score (nSPS) is 13.3. The largest absolute Gasteiger partial charge is 0.454 e. The summed E-state index contributed by atoms with van der Waals surface area (Å²) >= 11 is 0. The molecule has 1 aliphatic rings. The van der Waals surface area contributed by atoms with Crippen LogP contribution in [0.15, 0.2) is 16.7 Å². The Morgan fingerprint density at radius 3 is 2.78 bits per heavy atom. The third-order valence-corrected chi connectivity index (χ3v) is 4.34. The highest BCUT2D eigenvalue weighted by molar-refractivity contribution is 6.01. The first-order valence-corrected chi connectivity index (χ1v) is 8.56. The predicted octanol–water partition coefficient (Wildman–Crippen LogP) is 3.17. The van der Waals surface area contributed by atoms with Gasteiger partial charge in [-0.25, -0.2) is 9.18 Å². The number of hydrogen-bond donors (Lipinski definition) is 1. The van der Waals surface area contributed by atoms with Gasteiger partial charge in [0, 0.05) is 18.0 Å².